The Kier molecular flexibility index (Phi) is 4.70. The van der Waals surface area contributed by atoms with Crippen LogP contribution < -0.4 is 9.47 Å². The number of imide groups is 1. The molecule has 2 amide bonds. The largest absolute Gasteiger partial charge is 0.497 e. The van der Waals surface area contributed by atoms with E-state index >= 15 is 0 Å². The van der Waals surface area contributed by atoms with Gasteiger partial charge in [-0.1, -0.05) is 6.08 Å². The quantitative estimate of drug-likeness (QED) is 0.618. The number of hydrogen-bond donors (Lipinski definition) is 0. The summed E-state index contributed by atoms with van der Waals surface area (Å²) in [6.45, 7) is 3.75. The summed E-state index contributed by atoms with van der Waals surface area (Å²) in [6.07, 6.45) is 3.17. The maximum atomic E-state index is 12.1. The molecular formula is C15H15NO4S. The van der Waals surface area contributed by atoms with Crippen LogP contribution >= 0.6 is 11.8 Å². The Morgan fingerprint density at radius 2 is 2.05 bits per heavy atom. The predicted octanol–water partition coefficient (Wildman–Crippen LogP) is 2.93. The number of carbonyl (C=O) groups excluding carboxylic acids is 2. The topological polar surface area (TPSA) is 55.8 Å². The molecule has 1 aliphatic rings. The normalized spacial score (nSPS) is 16.5. The number of carbonyl (C=O) groups is 2. The molecule has 2 rings (SSSR count). The molecule has 0 bridgehead atoms. The summed E-state index contributed by atoms with van der Waals surface area (Å²) in [7, 11) is 3.10. The zero-order valence-corrected chi connectivity index (χ0v) is 12.6. The Balaban J connectivity index is 2.34. The summed E-state index contributed by atoms with van der Waals surface area (Å²) in [6, 6.07) is 5.27. The minimum atomic E-state index is -0.317. The fourth-order valence-corrected chi connectivity index (χ4v) is 2.70. The Bertz CT molecular complexity index is 624. The van der Waals surface area contributed by atoms with Gasteiger partial charge in [-0.2, -0.15) is 0 Å². The molecule has 6 heteroatoms. The minimum absolute atomic E-state index is 0.210. The van der Waals surface area contributed by atoms with E-state index in [1.54, 1.807) is 31.4 Å². The molecule has 0 aliphatic carbocycles. The van der Waals surface area contributed by atoms with E-state index in [0.29, 0.717) is 22.0 Å². The van der Waals surface area contributed by atoms with Gasteiger partial charge in [-0.05, 0) is 30.0 Å². The van der Waals surface area contributed by atoms with E-state index in [1.165, 1.54) is 13.2 Å². The first-order valence-corrected chi connectivity index (χ1v) is 7.00. The van der Waals surface area contributed by atoms with Gasteiger partial charge in [-0.3, -0.25) is 14.5 Å². The zero-order chi connectivity index (χ0) is 15.4. The average Bonchev–Trinajstić information content (AvgIpc) is 2.75. The van der Waals surface area contributed by atoms with Crippen molar-refractivity contribution in [3.05, 3.63) is 41.3 Å². The molecule has 0 atom stereocenters. The summed E-state index contributed by atoms with van der Waals surface area (Å²) in [4.78, 5) is 25.4. The van der Waals surface area contributed by atoms with Crippen LogP contribution in [0.2, 0.25) is 0 Å². The van der Waals surface area contributed by atoms with E-state index in [2.05, 4.69) is 6.58 Å². The van der Waals surface area contributed by atoms with E-state index in [4.69, 9.17) is 9.47 Å². The maximum Gasteiger partial charge on any atom is 0.293 e. The van der Waals surface area contributed by atoms with E-state index < -0.39 is 0 Å². The number of ether oxygens (including phenoxy) is 2. The molecule has 0 radical (unpaired) electrons. The second-order valence-electron chi connectivity index (χ2n) is 4.19. The smallest absolute Gasteiger partial charge is 0.293 e. The predicted molar refractivity (Wildman–Crippen MR) is 82.4 cm³/mol. The van der Waals surface area contributed by atoms with Crippen LogP contribution in [0.3, 0.4) is 0 Å². The van der Waals surface area contributed by atoms with Crippen molar-refractivity contribution in [3.63, 3.8) is 0 Å². The molecule has 1 heterocycles. The Labute approximate surface area is 127 Å². The molecule has 0 spiro atoms. The molecule has 21 heavy (non-hydrogen) atoms. The molecular weight excluding hydrogens is 290 g/mol. The highest BCUT2D eigenvalue weighted by Gasteiger charge is 2.34. The third-order valence-corrected chi connectivity index (χ3v) is 3.82. The zero-order valence-electron chi connectivity index (χ0n) is 11.8. The molecule has 0 N–H and O–H groups in total. The summed E-state index contributed by atoms with van der Waals surface area (Å²) in [5.41, 5.74) is 0.711. The van der Waals surface area contributed by atoms with Crippen molar-refractivity contribution in [3.8, 4) is 11.5 Å². The van der Waals surface area contributed by atoms with Crippen molar-refractivity contribution < 1.29 is 19.1 Å². The van der Waals surface area contributed by atoms with Gasteiger partial charge < -0.3 is 9.47 Å². The second-order valence-corrected chi connectivity index (χ2v) is 5.18. The fourth-order valence-electron chi connectivity index (χ4n) is 1.87. The summed E-state index contributed by atoms with van der Waals surface area (Å²) in [5.74, 6) is 0.913. The third kappa shape index (κ3) is 3.11. The lowest BCUT2D eigenvalue weighted by Crippen LogP contribution is -2.27. The lowest BCUT2D eigenvalue weighted by Gasteiger charge is -2.09. The van der Waals surface area contributed by atoms with Gasteiger partial charge in [0.05, 0.1) is 19.1 Å². The number of amides is 2. The first-order chi connectivity index (χ1) is 10.1. The van der Waals surface area contributed by atoms with Gasteiger partial charge in [-0.25, -0.2) is 0 Å². The van der Waals surface area contributed by atoms with Crippen LogP contribution in [0.15, 0.2) is 35.8 Å². The van der Waals surface area contributed by atoms with Crippen LogP contribution in [0, 0.1) is 0 Å². The standard InChI is InChI=1S/C15H15NO4S/c1-4-7-16-14(17)13(21-15(16)18)8-10-5-6-11(19-2)9-12(10)20-3/h4-6,8-9H,1,7H2,2-3H3/b13-8+. The lowest BCUT2D eigenvalue weighted by atomic mass is 10.1. The van der Waals surface area contributed by atoms with Crippen molar-refractivity contribution >= 4 is 29.0 Å². The highest BCUT2D eigenvalue weighted by molar-refractivity contribution is 8.18. The number of nitrogens with zero attached hydrogens (tertiary/aromatic N) is 1. The van der Waals surface area contributed by atoms with Crippen LogP contribution in [0.1, 0.15) is 5.56 Å². The van der Waals surface area contributed by atoms with Gasteiger partial charge in [0.2, 0.25) is 0 Å². The van der Waals surface area contributed by atoms with Gasteiger partial charge >= 0.3 is 0 Å². The van der Waals surface area contributed by atoms with Gasteiger partial charge in [0.25, 0.3) is 11.1 Å². The molecule has 5 nitrogen and oxygen atoms in total. The number of benzene rings is 1. The van der Waals surface area contributed by atoms with Crippen molar-refractivity contribution in [1.29, 1.82) is 0 Å². The molecule has 1 saturated heterocycles. The van der Waals surface area contributed by atoms with E-state index in [-0.39, 0.29) is 17.7 Å². The highest BCUT2D eigenvalue weighted by atomic mass is 32.2. The lowest BCUT2D eigenvalue weighted by molar-refractivity contribution is -0.122. The first-order valence-electron chi connectivity index (χ1n) is 6.19. The van der Waals surface area contributed by atoms with Crippen molar-refractivity contribution in [2.75, 3.05) is 20.8 Å². The molecule has 1 fully saturated rings. The highest BCUT2D eigenvalue weighted by Crippen LogP contribution is 2.34. The molecule has 1 aromatic carbocycles. The average molecular weight is 305 g/mol. The molecule has 0 aromatic heterocycles. The third-order valence-electron chi connectivity index (χ3n) is 2.91. The Morgan fingerprint density at radius 3 is 2.67 bits per heavy atom. The summed E-state index contributed by atoms with van der Waals surface area (Å²) in [5, 5.41) is -0.293. The van der Waals surface area contributed by atoms with Crippen LogP contribution in [0.25, 0.3) is 6.08 Å². The molecule has 110 valence electrons. The van der Waals surface area contributed by atoms with Crippen molar-refractivity contribution in [2.45, 2.75) is 0 Å². The SMILES string of the molecule is C=CCN1C(=O)S/C(=C/c2ccc(OC)cc2OC)C1=O. The summed E-state index contributed by atoms with van der Waals surface area (Å²) < 4.78 is 10.4. The number of hydrogen-bond acceptors (Lipinski definition) is 5. The van der Waals surface area contributed by atoms with Gasteiger partial charge in [0.15, 0.2) is 0 Å². The fraction of sp³-hybridized carbons (Fsp3) is 0.200. The molecule has 0 saturated carbocycles. The van der Waals surface area contributed by atoms with Gasteiger partial charge in [-0.15, -0.1) is 6.58 Å². The molecule has 1 aliphatic heterocycles. The van der Waals surface area contributed by atoms with Crippen LogP contribution in [0.5, 0.6) is 11.5 Å². The van der Waals surface area contributed by atoms with E-state index in [1.807, 2.05) is 0 Å². The van der Waals surface area contributed by atoms with Crippen molar-refractivity contribution in [2.24, 2.45) is 0 Å². The number of rotatable bonds is 5. The summed E-state index contributed by atoms with van der Waals surface area (Å²) >= 11 is 0.910. The monoisotopic (exact) mass is 305 g/mol. The van der Waals surface area contributed by atoms with E-state index in [0.717, 1.165) is 16.7 Å². The Hall–Kier alpha value is -2.21. The van der Waals surface area contributed by atoms with Gasteiger partial charge in [0.1, 0.15) is 11.5 Å². The molecule has 0 unspecified atom stereocenters. The first kappa shape index (κ1) is 15.2. The number of methoxy groups -OCH3 is 2. The molecule has 1 aromatic rings. The minimum Gasteiger partial charge on any atom is -0.497 e. The number of thioether (sulfide) groups is 1. The second kappa shape index (κ2) is 6.49. The van der Waals surface area contributed by atoms with Crippen molar-refractivity contribution in [1.82, 2.24) is 4.90 Å². The Morgan fingerprint density at radius 1 is 1.29 bits per heavy atom. The van der Waals surface area contributed by atoms with Gasteiger partial charge in [0, 0.05) is 18.2 Å². The maximum absolute atomic E-state index is 12.1. The van der Waals surface area contributed by atoms with E-state index in [9.17, 15) is 9.59 Å². The van der Waals surface area contributed by atoms with Crippen LogP contribution in [-0.2, 0) is 4.79 Å². The van der Waals surface area contributed by atoms with Crippen LogP contribution in [0.4, 0.5) is 4.79 Å². The van der Waals surface area contributed by atoms with Crippen LogP contribution in [-0.4, -0.2) is 36.8 Å².